The third kappa shape index (κ3) is 5.61. The number of thiocarbonyl (C=S) groups is 1. The van der Waals surface area contributed by atoms with Crippen LogP contribution in [0.5, 0.6) is 5.75 Å². The number of carboxylic acid groups (broad SMARTS) is 1. The maximum Gasteiger partial charge on any atom is 0.323 e. The van der Waals surface area contributed by atoms with Crippen LogP contribution in [0, 0.1) is 6.92 Å². The van der Waals surface area contributed by atoms with Gasteiger partial charge < -0.3 is 14.3 Å². The van der Waals surface area contributed by atoms with E-state index in [0.29, 0.717) is 29.7 Å². The van der Waals surface area contributed by atoms with Gasteiger partial charge in [-0.1, -0.05) is 54.3 Å². The molecule has 0 saturated carbocycles. The summed E-state index contributed by atoms with van der Waals surface area (Å²) in [5.74, 6) is 0.766. The zero-order valence-electron chi connectivity index (χ0n) is 17.9. The van der Waals surface area contributed by atoms with Crippen molar-refractivity contribution in [1.82, 2.24) is 9.88 Å². The number of carbonyl (C=O) groups is 2. The van der Waals surface area contributed by atoms with Gasteiger partial charge in [0.05, 0.1) is 17.6 Å². The Morgan fingerprint density at radius 3 is 2.64 bits per heavy atom. The average molecular weight is 483 g/mol. The van der Waals surface area contributed by atoms with Gasteiger partial charge in [-0.2, -0.15) is 0 Å². The Morgan fingerprint density at radius 1 is 1.21 bits per heavy atom. The molecule has 1 N–H and O–H groups in total. The molecular formula is C24H22N2O5S2. The van der Waals surface area contributed by atoms with E-state index in [-0.39, 0.29) is 5.91 Å². The van der Waals surface area contributed by atoms with Crippen LogP contribution >= 0.6 is 24.0 Å². The fourth-order valence-electron chi connectivity index (χ4n) is 3.47. The molecular weight excluding hydrogens is 460 g/mol. The SMILES string of the molecule is Cc1oc(-c2ccccc2)nc1CCOc1ccc(CC2SC(=S)N(CC(=O)O)C2=O)cc1. The van der Waals surface area contributed by atoms with Crippen LogP contribution in [0.25, 0.3) is 11.5 Å². The lowest BCUT2D eigenvalue weighted by molar-refractivity contribution is -0.141. The Hall–Kier alpha value is -3.17. The van der Waals surface area contributed by atoms with Crippen LogP contribution in [0.4, 0.5) is 0 Å². The molecule has 1 saturated heterocycles. The first-order valence-electron chi connectivity index (χ1n) is 10.4. The van der Waals surface area contributed by atoms with Crippen LogP contribution in [-0.2, 0) is 22.4 Å². The number of carbonyl (C=O) groups excluding carboxylic acids is 1. The van der Waals surface area contributed by atoms with E-state index in [9.17, 15) is 9.59 Å². The minimum Gasteiger partial charge on any atom is -0.493 e. The number of nitrogens with zero attached hydrogens (tertiary/aromatic N) is 2. The highest BCUT2D eigenvalue weighted by Crippen LogP contribution is 2.30. The van der Waals surface area contributed by atoms with Gasteiger partial charge in [0.15, 0.2) is 0 Å². The van der Waals surface area contributed by atoms with E-state index in [1.54, 1.807) is 0 Å². The molecule has 1 aliphatic heterocycles. The molecule has 1 aromatic heterocycles. The molecule has 0 aliphatic carbocycles. The number of hydrogen-bond donors (Lipinski definition) is 1. The molecule has 2 aromatic carbocycles. The number of rotatable bonds is 9. The van der Waals surface area contributed by atoms with Gasteiger partial charge >= 0.3 is 5.97 Å². The number of oxazole rings is 1. The first-order chi connectivity index (χ1) is 15.9. The van der Waals surface area contributed by atoms with E-state index in [0.717, 1.165) is 33.2 Å². The molecule has 1 aliphatic rings. The zero-order valence-corrected chi connectivity index (χ0v) is 19.5. The molecule has 1 fully saturated rings. The highest BCUT2D eigenvalue weighted by Gasteiger charge is 2.37. The van der Waals surface area contributed by atoms with E-state index < -0.39 is 17.8 Å². The Morgan fingerprint density at radius 2 is 1.94 bits per heavy atom. The van der Waals surface area contributed by atoms with Crippen LogP contribution in [0.3, 0.4) is 0 Å². The topological polar surface area (TPSA) is 92.9 Å². The van der Waals surface area contributed by atoms with Crippen molar-refractivity contribution in [3.63, 3.8) is 0 Å². The first kappa shape index (κ1) is 23.0. The molecule has 1 unspecified atom stereocenters. The molecule has 33 heavy (non-hydrogen) atoms. The standard InChI is InChI=1S/C24H22N2O5S2/c1-15-19(25-22(31-15)17-5-3-2-4-6-17)11-12-30-18-9-7-16(8-10-18)13-20-23(29)26(14-21(27)28)24(32)33-20/h2-10,20H,11-14H2,1H3,(H,27,28). The summed E-state index contributed by atoms with van der Waals surface area (Å²) in [5.41, 5.74) is 2.76. The van der Waals surface area contributed by atoms with Gasteiger partial charge in [-0.15, -0.1) is 0 Å². The van der Waals surface area contributed by atoms with Crippen LogP contribution in [0.15, 0.2) is 59.0 Å². The summed E-state index contributed by atoms with van der Waals surface area (Å²) in [5, 5.41) is 8.54. The number of carboxylic acids is 1. The third-order valence-electron chi connectivity index (χ3n) is 5.16. The Kier molecular flexibility index (Phi) is 7.10. The number of thioether (sulfide) groups is 1. The van der Waals surface area contributed by atoms with Crippen molar-refractivity contribution >= 4 is 40.2 Å². The molecule has 7 nitrogen and oxygen atoms in total. The quantitative estimate of drug-likeness (QED) is 0.455. The van der Waals surface area contributed by atoms with Crippen molar-refractivity contribution in [3.8, 4) is 17.2 Å². The lowest BCUT2D eigenvalue weighted by atomic mass is 10.1. The monoisotopic (exact) mass is 482 g/mol. The molecule has 1 amide bonds. The Bertz CT molecular complexity index is 1160. The van der Waals surface area contributed by atoms with Crippen LogP contribution in [0.1, 0.15) is 17.0 Å². The second-order valence-electron chi connectivity index (χ2n) is 7.52. The fraction of sp³-hybridized carbons (Fsp3) is 0.250. The Balaban J connectivity index is 1.29. The molecule has 0 bridgehead atoms. The summed E-state index contributed by atoms with van der Waals surface area (Å²) >= 11 is 6.38. The van der Waals surface area contributed by atoms with Gasteiger partial charge in [-0.25, -0.2) is 4.98 Å². The number of amides is 1. The average Bonchev–Trinajstić information content (AvgIpc) is 3.30. The van der Waals surface area contributed by atoms with Gasteiger partial charge in [0, 0.05) is 12.0 Å². The van der Waals surface area contributed by atoms with Crippen molar-refractivity contribution < 1.29 is 23.8 Å². The number of hydrogen-bond acceptors (Lipinski definition) is 7. The summed E-state index contributed by atoms with van der Waals surface area (Å²) in [7, 11) is 0. The normalized spacial score (nSPS) is 15.8. The minimum absolute atomic E-state index is 0.259. The van der Waals surface area contributed by atoms with Gasteiger partial charge in [0.2, 0.25) is 11.8 Å². The van der Waals surface area contributed by atoms with Crippen molar-refractivity contribution in [1.29, 1.82) is 0 Å². The number of benzene rings is 2. The second kappa shape index (κ2) is 10.2. The van der Waals surface area contributed by atoms with Gasteiger partial charge in [0.1, 0.15) is 22.4 Å². The molecule has 1 atom stereocenters. The predicted octanol–water partition coefficient (Wildman–Crippen LogP) is 4.13. The molecule has 2 heterocycles. The second-order valence-corrected chi connectivity index (χ2v) is 9.36. The largest absolute Gasteiger partial charge is 0.493 e. The number of aromatic nitrogens is 1. The van der Waals surface area contributed by atoms with Gasteiger partial charge in [-0.05, 0) is 43.2 Å². The van der Waals surface area contributed by atoms with Crippen LogP contribution in [-0.4, -0.2) is 49.6 Å². The summed E-state index contributed by atoms with van der Waals surface area (Å²) in [4.78, 5) is 29.1. The molecule has 0 spiro atoms. The summed E-state index contributed by atoms with van der Waals surface area (Å²) < 4.78 is 12.0. The van der Waals surface area contributed by atoms with Gasteiger partial charge in [0.25, 0.3) is 0 Å². The maximum absolute atomic E-state index is 12.4. The van der Waals surface area contributed by atoms with E-state index in [2.05, 4.69) is 4.98 Å². The number of ether oxygens (including phenoxy) is 1. The first-order valence-corrected chi connectivity index (χ1v) is 11.7. The summed E-state index contributed by atoms with van der Waals surface area (Å²) in [6.45, 7) is 1.96. The zero-order chi connectivity index (χ0) is 23.4. The van der Waals surface area contributed by atoms with Crippen molar-refractivity contribution in [2.24, 2.45) is 0 Å². The van der Waals surface area contributed by atoms with Crippen molar-refractivity contribution in [2.75, 3.05) is 13.2 Å². The molecule has 9 heteroatoms. The highest BCUT2D eigenvalue weighted by atomic mass is 32.2. The number of aryl methyl sites for hydroxylation is 1. The number of aliphatic carboxylic acids is 1. The van der Waals surface area contributed by atoms with Crippen molar-refractivity contribution in [2.45, 2.75) is 25.0 Å². The van der Waals surface area contributed by atoms with Gasteiger partial charge in [-0.3, -0.25) is 14.5 Å². The van der Waals surface area contributed by atoms with E-state index in [1.165, 1.54) is 11.8 Å². The lowest BCUT2D eigenvalue weighted by Gasteiger charge is -2.12. The minimum atomic E-state index is -1.08. The molecule has 4 rings (SSSR count). The van der Waals surface area contributed by atoms with E-state index in [4.69, 9.17) is 26.5 Å². The molecule has 3 aromatic rings. The van der Waals surface area contributed by atoms with Crippen LogP contribution in [0.2, 0.25) is 0 Å². The fourth-order valence-corrected chi connectivity index (χ4v) is 5.00. The maximum atomic E-state index is 12.4. The predicted molar refractivity (Wildman–Crippen MR) is 129 cm³/mol. The molecule has 170 valence electrons. The summed E-state index contributed by atoms with van der Waals surface area (Å²) in [6.07, 6.45) is 1.09. The summed E-state index contributed by atoms with van der Waals surface area (Å²) in [6, 6.07) is 17.3. The van der Waals surface area contributed by atoms with E-state index >= 15 is 0 Å². The molecule has 0 radical (unpaired) electrons. The Labute approximate surface area is 200 Å². The van der Waals surface area contributed by atoms with Crippen molar-refractivity contribution in [3.05, 3.63) is 71.6 Å². The third-order valence-corrected chi connectivity index (χ3v) is 6.75. The smallest absolute Gasteiger partial charge is 0.323 e. The van der Waals surface area contributed by atoms with Crippen LogP contribution < -0.4 is 4.74 Å². The highest BCUT2D eigenvalue weighted by molar-refractivity contribution is 8.24. The van der Waals surface area contributed by atoms with E-state index in [1.807, 2.05) is 61.5 Å². The lowest BCUT2D eigenvalue weighted by Crippen LogP contribution is -2.36.